The van der Waals surface area contributed by atoms with E-state index in [9.17, 15) is 14.7 Å². The van der Waals surface area contributed by atoms with Crippen molar-refractivity contribution < 1.29 is 44.3 Å². The summed E-state index contributed by atoms with van der Waals surface area (Å²) in [6, 6.07) is 30.8. The molecular formula is C27H19ClNNaO3. The monoisotopic (exact) mass is 463 g/mol. The van der Waals surface area contributed by atoms with Crippen LogP contribution in [0.2, 0.25) is 5.02 Å². The molecule has 0 bridgehead atoms. The molecule has 0 N–H and O–H groups in total. The van der Waals surface area contributed by atoms with Crippen molar-refractivity contribution in [3.63, 3.8) is 0 Å². The Balaban J connectivity index is 0.00000306. The zero-order chi connectivity index (χ0) is 22.5. The summed E-state index contributed by atoms with van der Waals surface area (Å²) < 4.78 is 0. The van der Waals surface area contributed by atoms with Gasteiger partial charge in [0.15, 0.2) is 0 Å². The molecular weight excluding hydrogens is 445 g/mol. The van der Waals surface area contributed by atoms with Gasteiger partial charge in [0.1, 0.15) is 0 Å². The smallest absolute Gasteiger partial charge is 0.545 e. The summed E-state index contributed by atoms with van der Waals surface area (Å²) in [7, 11) is 0. The number of amides is 1. The van der Waals surface area contributed by atoms with Gasteiger partial charge in [-0.2, -0.15) is 0 Å². The van der Waals surface area contributed by atoms with Crippen molar-refractivity contribution in [2.45, 2.75) is 6.54 Å². The van der Waals surface area contributed by atoms with E-state index in [2.05, 4.69) is 0 Å². The molecule has 0 unspecified atom stereocenters. The first-order valence-electron chi connectivity index (χ1n) is 10.0. The van der Waals surface area contributed by atoms with E-state index in [1.54, 1.807) is 41.3 Å². The molecule has 0 aliphatic heterocycles. The van der Waals surface area contributed by atoms with Gasteiger partial charge in [0, 0.05) is 16.3 Å². The number of para-hydroxylation sites is 1. The van der Waals surface area contributed by atoms with Crippen LogP contribution >= 0.6 is 11.6 Å². The molecule has 158 valence electrons. The van der Waals surface area contributed by atoms with E-state index >= 15 is 0 Å². The molecule has 0 spiro atoms. The van der Waals surface area contributed by atoms with Gasteiger partial charge in [-0.3, -0.25) is 4.79 Å². The Bertz CT molecular complexity index is 1230. The number of carbonyl (C=O) groups is 2. The number of aromatic carboxylic acids is 1. The second-order valence-corrected chi connectivity index (χ2v) is 7.73. The number of rotatable bonds is 6. The van der Waals surface area contributed by atoms with E-state index in [1.165, 1.54) is 12.1 Å². The molecule has 0 atom stereocenters. The molecule has 0 heterocycles. The van der Waals surface area contributed by atoms with Crippen LogP contribution < -0.4 is 39.6 Å². The van der Waals surface area contributed by atoms with Gasteiger partial charge in [-0.05, 0) is 58.7 Å². The Hall–Kier alpha value is -2.89. The summed E-state index contributed by atoms with van der Waals surface area (Å²) >= 11 is 5.98. The fraction of sp³-hybridized carbons (Fsp3) is 0.0370. The molecule has 0 saturated carbocycles. The first kappa shape index (κ1) is 24.7. The summed E-state index contributed by atoms with van der Waals surface area (Å²) in [6.45, 7) is 0.398. The number of carboxylic acids is 1. The summed E-state index contributed by atoms with van der Waals surface area (Å²) in [6.07, 6.45) is 0. The minimum Gasteiger partial charge on any atom is -0.545 e. The fourth-order valence-corrected chi connectivity index (χ4v) is 3.55. The topological polar surface area (TPSA) is 60.4 Å². The molecule has 4 aromatic carbocycles. The van der Waals surface area contributed by atoms with Crippen molar-refractivity contribution in [3.05, 3.63) is 125 Å². The van der Waals surface area contributed by atoms with Crippen LogP contribution in [0.1, 0.15) is 26.3 Å². The van der Waals surface area contributed by atoms with Gasteiger partial charge >= 0.3 is 29.6 Å². The maximum atomic E-state index is 13.3. The van der Waals surface area contributed by atoms with Crippen LogP contribution in [-0.4, -0.2) is 11.9 Å². The molecule has 6 heteroatoms. The van der Waals surface area contributed by atoms with Gasteiger partial charge in [0.25, 0.3) is 5.91 Å². The van der Waals surface area contributed by atoms with Gasteiger partial charge in [-0.25, -0.2) is 0 Å². The average Bonchev–Trinajstić information content (AvgIpc) is 2.83. The molecule has 4 rings (SSSR count). The Morgan fingerprint density at radius 1 is 0.697 bits per heavy atom. The summed E-state index contributed by atoms with van der Waals surface area (Å²) in [5, 5.41) is 11.5. The van der Waals surface area contributed by atoms with Crippen molar-refractivity contribution in [2.24, 2.45) is 0 Å². The first-order valence-corrected chi connectivity index (χ1v) is 10.4. The van der Waals surface area contributed by atoms with E-state index < -0.39 is 5.97 Å². The third kappa shape index (κ3) is 6.12. The Morgan fingerprint density at radius 2 is 1.21 bits per heavy atom. The zero-order valence-electron chi connectivity index (χ0n) is 18.1. The number of benzene rings is 4. The van der Waals surface area contributed by atoms with Crippen molar-refractivity contribution >= 4 is 29.2 Å². The standard InChI is InChI=1S/C27H20ClNO3.Na/c28-24-16-14-22(15-17-24)26(30)29(25-4-2-1-3-5-25)18-19-6-8-20(9-7-19)21-10-12-23(13-11-21)27(31)32;/h1-17H,18H2,(H,31,32);/q;+1/p-1. The maximum Gasteiger partial charge on any atom is 1.00 e. The normalized spacial score (nSPS) is 10.2. The van der Waals surface area contributed by atoms with Crippen LogP contribution in [-0.2, 0) is 6.54 Å². The van der Waals surface area contributed by atoms with E-state index in [4.69, 9.17) is 11.6 Å². The number of nitrogens with zero attached hydrogens (tertiary/aromatic N) is 1. The molecule has 0 radical (unpaired) electrons. The van der Waals surface area contributed by atoms with Crippen LogP contribution in [0.3, 0.4) is 0 Å². The van der Waals surface area contributed by atoms with E-state index in [0.717, 1.165) is 22.4 Å². The van der Waals surface area contributed by atoms with Crippen molar-refractivity contribution in [1.82, 2.24) is 0 Å². The summed E-state index contributed by atoms with van der Waals surface area (Å²) in [5.74, 6) is -1.31. The van der Waals surface area contributed by atoms with E-state index in [0.29, 0.717) is 17.1 Å². The Labute approximate surface area is 219 Å². The molecule has 33 heavy (non-hydrogen) atoms. The SMILES string of the molecule is O=C([O-])c1ccc(-c2ccc(CN(C(=O)c3ccc(Cl)cc3)c3ccccc3)cc2)cc1.[Na+]. The van der Waals surface area contributed by atoms with Crippen LogP contribution in [0, 0.1) is 0 Å². The van der Waals surface area contributed by atoms with Gasteiger partial charge < -0.3 is 14.8 Å². The van der Waals surface area contributed by atoms with E-state index in [1.807, 2.05) is 54.6 Å². The second kappa shape index (κ2) is 11.3. The van der Waals surface area contributed by atoms with Gasteiger partial charge in [0.05, 0.1) is 12.5 Å². The molecule has 0 fully saturated rings. The largest absolute Gasteiger partial charge is 1.00 e. The average molecular weight is 464 g/mol. The Morgan fingerprint density at radius 3 is 1.76 bits per heavy atom. The van der Waals surface area contributed by atoms with Crippen LogP contribution in [0.15, 0.2) is 103 Å². The summed E-state index contributed by atoms with van der Waals surface area (Å²) in [4.78, 5) is 25.9. The van der Waals surface area contributed by atoms with Crippen LogP contribution in [0.25, 0.3) is 11.1 Å². The quantitative estimate of drug-likeness (QED) is 0.412. The molecule has 0 aliphatic rings. The van der Waals surface area contributed by atoms with Gasteiger partial charge in [-0.1, -0.05) is 78.3 Å². The third-order valence-electron chi connectivity index (χ3n) is 5.15. The molecule has 0 saturated heterocycles. The number of hydrogen-bond donors (Lipinski definition) is 0. The van der Waals surface area contributed by atoms with Crippen molar-refractivity contribution in [3.8, 4) is 11.1 Å². The molecule has 4 nitrogen and oxygen atoms in total. The molecule has 0 aromatic heterocycles. The number of halogens is 1. The fourth-order valence-electron chi connectivity index (χ4n) is 3.42. The number of anilines is 1. The predicted molar refractivity (Wildman–Crippen MR) is 125 cm³/mol. The second-order valence-electron chi connectivity index (χ2n) is 7.30. The minimum absolute atomic E-state index is 0. The van der Waals surface area contributed by atoms with E-state index in [-0.39, 0.29) is 41.0 Å². The maximum absolute atomic E-state index is 13.3. The van der Waals surface area contributed by atoms with Crippen molar-refractivity contribution in [1.29, 1.82) is 0 Å². The minimum atomic E-state index is -1.20. The summed E-state index contributed by atoms with van der Waals surface area (Å²) in [5.41, 5.74) is 4.32. The number of hydrogen-bond acceptors (Lipinski definition) is 3. The Kier molecular flexibility index (Phi) is 8.48. The number of carbonyl (C=O) groups excluding carboxylic acids is 2. The van der Waals surface area contributed by atoms with Crippen molar-refractivity contribution in [2.75, 3.05) is 4.90 Å². The first-order chi connectivity index (χ1) is 15.5. The number of carboxylic acid groups (broad SMARTS) is 1. The molecule has 0 aliphatic carbocycles. The zero-order valence-corrected chi connectivity index (χ0v) is 20.8. The predicted octanol–water partition coefficient (Wildman–Crippen LogP) is 2.22. The molecule has 1 amide bonds. The van der Waals surface area contributed by atoms with Gasteiger partial charge in [0.2, 0.25) is 0 Å². The van der Waals surface area contributed by atoms with Gasteiger partial charge in [-0.15, -0.1) is 0 Å². The van der Waals surface area contributed by atoms with Crippen LogP contribution in [0.4, 0.5) is 5.69 Å². The molecule has 4 aromatic rings. The third-order valence-corrected chi connectivity index (χ3v) is 5.40. The van der Waals surface area contributed by atoms with Crippen LogP contribution in [0.5, 0.6) is 0 Å².